The molecule has 0 aliphatic heterocycles. The molecule has 0 fully saturated rings. The van der Waals surface area contributed by atoms with Crippen molar-refractivity contribution in [1.29, 1.82) is 0 Å². The van der Waals surface area contributed by atoms with E-state index in [1.54, 1.807) is 0 Å². The Labute approximate surface area is 50.6 Å². The second kappa shape index (κ2) is 3.02. The lowest BCUT2D eigenvalue weighted by molar-refractivity contribution is 0.385. The summed E-state index contributed by atoms with van der Waals surface area (Å²) < 4.78 is 0. The van der Waals surface area contributed by atoms with Gasteiger partial charge in [0.25, 0.3) is 0 Å². The summed E-state index contributed by atoms with van der Waals surface area (Å²) in [6, 6.07) is 0. The fourth-order valence-electron chi connectivity index (χ4n) is 0.456. The normalized spacial score (nSPS) is 18.0. The summed E-state index contributed by atoms with van der Waals surface area (Å²) in [5.41, 5.74) is 5.38. The number of likely N-dealkylation sites (N-methyl/N-ethyl adjacent to an activating group) is 2. The van der Waals surface area contributed by atoms with E-state index in [-0.39, 0.29) is 5.66 Å². The van der Waals surface area contributed by atoms with Gasteiger partial charge in [0.2, 0.25) is 0 Å². The molecule has 0 amide bonds. The van der Waals surface area contributed by atoms with Crippen molar-refractivity contribution in [1.82, 2.24) is 10.6 Å². The summed E-state index contributed by atoms with van der Waals surface area (Å²) in [5.74, 6) is 0. The molecular weight excluding hydrogens is 102 g/mol. The van der Waals surface area contributed by atoms with Gasteiger partial charge >= 0.3 is 0 Å². The number of hydrogen-bond donors (Lipinski definition) is 3. The highest BCUT2D eigenvalue weighted by molar-refractivity contribution is 4.74. The molecule has 0 heterocycles. The first-order valence-corrected chi connectivity index (χ1v) is 2.75. The van der Waals surface area contributed by atoms with Crippen LogP contribution in [0.4, 0.5) is 0 Å². The molecule has 0 saturated carbocycles. The van der Waals surface area contributed by atoms with Crippen LogP contribution in [-0.2, 0) is 0 Å². The summed E-state index contributed by atoms with van der Waals surface area (Å²) in [4.78, 5) is 0. The van der Waals surface area contributed by atoms with Crippen LogP contribution in [-0.4, -0.2) is 26.3 Å². The smallest absolute Gasteiger partial charge is 0.0758 e. The van der Waals surface area contributed by atoms with Crippen molar-refractivity contribution in [3.05, 3.63) is 0 Å². The predicted molar refractivity (Wildman–Crippen MR) is 35.6 cm³/mol. The molecule has 0 bridgehead atoms. The minimum Gasteiger partial charge on any atom is -0.317 e. The second-order valence-electron chi connectivity index (χ2n) is 2.20. The zero-order chi connectivity index (χ0) is 6.62. The third-order valence-corrected chi connectivity index (χ3v) is 1.12. The fourth-order valence-corrected chi connectivity index (χ4v) is 0.456. The molecule has 0 rings (SSSR count). The minimum atomic E-state index is -0.269. The molecule has 3 heteroatoms. The van der Waals surface area contributed by atoms with Crippen LogP contribution in [0.3, 0.4) is 0 Å². The van der Waals surface area contributed by atoms with Crippen LogP contribution in [0.15, 0.2) is 0 Å². The van der Waals surface area contributed by atoms with Crippen LogP contribution in [0.1, 0.15) is 6.92 Å². The van der Waals surface area contributed by atoms with Gasteiger partial charge in [0.1, 0.15) is 0 Å². The summed E-state index contributed by atoms with van der Waals surface area (Å²) in [5, 5.41) is 5.93. The zero-order valence-electron chi connectivity index (χ0n) is 5.78. The van der Waals surface area contributed by atoms with Crippen molar-refractivity contribution < 1.29 is 0 Å². The highest BCUT2D eigenvalue weighted by Crippen LogP contribution is 1.85. The zero-order valence-corrected chi connectivity index (χ0v) is 5.78. The Morgan fingerprint density at radius 2 is 2.00 bits per heavy atom. The molecule has 50 valence electrons. The van der Waals surface area contributed by atoms with Crippen LogP contribution < -0.4 is 16.4 Å². The Morgan fingerprint density at radius 1 is 1.50 bits per heavy atom. The van der Waals surface area contributed by atoms with E-state index in [1.807, 2.05) is 21.0 Å². The largest absolute Gasteiger partial charge is 0.317 e. The van der Waals surface area contributed by atoms with Gasteiger partial charge in [-0.25, -0.2) is 0 Å². The molecule has 0 radical (unpaired) electrons. The molecule has 4 N–H and O–H groups in total. The quantitative estimate of drug-likeness (QED) is 0.420. The van der Waals surface area contributed by atoms with Gasteiger partial charge in [-0.3, -0.25) is 0 Å². The van der Waals surface area contributed by atoms with E-state index in [0.717, 1.165) is 6.54 Å². The van der Waals surface area contributed by atoms with Gasteiger partial charge in [0, 0.05) is 6.54 Å². The minimum absolute atomic E-state index is 0.269. The van der Waals surface area contributed by atoms with Crippen LogP contribution in [0.2, 0.25) is 0 Å². The van der Waals surface area contributed by atoms with Gasteiger partial charge < -0.3 is 16.4 Å². The molecule has 0 aromatic carbocycles. The number of rotatable bonds is 3. The molecule has 0 aromatic rings. The van der Waals surface area contributed by atoms with Gasteiger partial charge in [-0.15, -0.1) is 0 Å². The highest BCUT2D eigenvalue weighted by Gasteiger charge is 2.11. The third kappa shape index (κ3) is 2.96. The molecule has 8 heavy (non-hydrogen) atoms. The van der Waals surface area contributed by atoms with Crippen molar-refractivity contribution in [3.8, 4) is 0 Å². The predicted octanol–water partition coefficient (Wildman–Crippen LogP) is -0.900. The van der Waals surface area contributed by atoms with E-state index < -0.39 is 0 Å². The first-order chi connectivity index (χ1) is 3.62. The van der Waals surface area contributed by atoms with E-state index in [0.29, 0.717) is 0 Å². The third-order valence-electron chi connectivity index (χ3n) is 1.12. The molecule has 0 aliphatic rings. The Hall–Kier alpha value is -0.120. The lowest BCUT2D eigenvalue weighted by Crippen LogP contribution is -2.55. The molecule has 0 saturated heterocycles. The summed E-state index contributed by atoms with van der Waals surface area (Å²) >= 11 is 0. The summed E-state index contributed by atoms with van der Waals surface area (Å²) in [6.45, 7) is 2.72. The molecule has 1 atom stereocenters. The fraction of sp³-hybridized carbons (Fsp3) is 1.00. The maximum absolute atomic E-state index is 5.65. The lowest BCUT2D eigenvalue weighted by Gasteiger charge is -2.22. The Balaban J connectivity index is 3.37. The molecule has 3 nitrogen and oxygen atoms in total. The van der Waals surface area contributed by atoms with Crippen LogP contribution in [0.25, 0.3) is 0 Å². The molecule has 0 aromatic heterocycles. The van der Waals surface area contributed by atoms with Crippen molar-refractivity contribution in [3.63, 3.8) is 0 Å². The van der Waals surface area contributed by atoms with Crippen LogP contribution >= 0.6 is 0 Å². The van der Waals surface area contributed by atoms with E-state index in [9.17, 15) is 0 Å². The van der Waals surface area contributed by atoms with Crippen molar-refractivity contribution >= 4 is 0 Å². The Morgan fingerprint density at radius 3 is 2.12 bits per heavy atom. The first kappa shape index (κ1) is 7.88. The summed E-state index contributed by atoms with van der Waals surface area (Å²) in [6.07, 6.45) is 0. The van der Waals surface area contributed by atoms with E-state index >= 15 is 0 Å². The van der Waals surface area contributed by atoms with E-state index in [4.69, 9.17) is 5.73 Å². The van der Waals surface area contributed by atoms with E-state index in [1.165, 1.54) is 0 Å². The van der Waals surface area contributed by atoms with Crippen molar-refractivity contribution in [2.75, 3.05) is 20.6 Å². The van der Waals surface area contributed by atoms with Crippen LogP contribution in [0.5, 0.6) is 0 Å². The Bertz CT molecular complexity index is 60.7. The maximum atomic E-state index is 5.65. The van der Waals surface area contributed by atoms with Gasteiger partial charge in [-0.1, -0.05) is 0 Å². The average molecular weight is 117 g/mol. The SMILES string of the molecule is CNCC(C)(N)NC. The standard InChI is InChI=1S/C5H15N3/c1-5(6,8-3)4-7-2/h7-8H,4,6H2,1-3H3. The molecule has 0 aliphatic carbocycles. The monoisotopic (exact) mass is 117 g/mol. The maximum Gasteiger partial charge on any atom is 0.0758 e. The summed E-state index contributed by atoms with van der Waals surface area (Å²) in [7, 11) is 3.72. The van der Waals surface area contributed by atoms with Gasteiger partial charge in [-0.05, 0) is 21.0 Å². The molecule has 0 spiro atoms. The number of hydrogen-bond acceptors (Lipinski definition) is 3. The second-order valence-corrected chi connectivity index (χ2v) is 2.20. The van der Waals surface area contributed by atoms with Gasteiger partial charge in [0.05, 0.1) is 5.66 Å². The Kier molecular flexibility index (Phi) is 2.97. The number of nitrogens with two attached hydrogens (primary N) is 1. The first-order valence-electron chi connectivity index (χ1n) is 2.75. The topological polar surface area (TPSA) is 50.1 Å². The molecule has 1 unspecified atom stereocenters. The average Bonchev–Trinajstić information content (AvgIpc) is 1.67. The van der Waals surface area contributed by atoms with Gasteiger partial charge in [0.15, 0.2) is 0 Å². The number of nitrogens with one attached hydrogen (secondary N) is 2. The van der Waals surface area contributed by atoms with Crippen LogP contribution in [0, 0.1) is 0 Å². The highest BCUT2D eigenvalue weighted by atomic mass is 15.1. The van der Waals surface area contributed by atoms with Crippen molar-refractivity contribution in [2.24, 2.45) is 5.73 Å². The van der Waals surface area contributed by atoms with Gasteiger partial charge in [-0.2, -0.15) is 0 Å². The van der Waals surface area contributed by atoms with E-state index in [2.05, 4.69) is 10.6 Å². The van der Waals surface area contributed by atoms with Crippen molar-refractivity contribution in [2.45, 2.75) is 12.6 Å². The lowest BCUT2D eigenvalue weighted by atomic mass is 10.2. The molecular formula is C5H15N3.